The summed E-state index contributed by atoms with van der Waals surface area (Å²) < 4.78 is 0. The lowest BCUT2D eigenvalue weighted by Crippen LogP contribution is -2.47. The molecule has 1 aliphatic heterocycles. The molecule has 86 valence electrons. The summed E-state index contributed by atoms with van der Waals surface area (Å²) in [6.07, 6.45) is 5.43. The van der Waals surface area contributed by atoms with Crippen molar-refractivity contribution in [3.63, 3.8) is 0 Å². The fourth-order valence-electron chi connectivity index (χ4n) is 2.35. The highest BCUT2D eigenvalue weighted by atomic mass is 16.3. The fourth-order valence-corrected chi connectivity index (χ4v) is 2.35. The van der Waals surface area contributed by atoms with Crippen molar-refractivity contribution >= 4 is 5.96 Å². The van der Waals surface area contributed by atoms with Crippen LogP contribution < -0.4 is 5.32 Å². The molecule has 0 aromatic heterocycles. The highest BCUT2D eigenvalue weighted by molar-refractivity contribution is 5.81. The van der Waals surface area contributed by atoms with Gasteiger partial charge in [-0.1, -0.05) is 19.3 Å². The van der Waals surface area contributed by atoms with Crippen molar-refractivity contribution in [1.29, 1.82) is 0 Å². The molecule has 1 saturated carbocycles. The summed E-state index contributed by atoms with van der Waals surface area (Å²) >= 11 is 0. The van der Waals surface area contributed by atoms with E-state index in [4.69, 9.17) is 0 Å². The largest absolute Gasteiger partial charge is 0.388 e. The Hall–Kier alpha value is -0.770. The molecule has 1 aliphatic carbocycles. The topological polar surface area (TPSA) is 47.9 Å². The Kier molecular flexibility index (Phi) is 3.14. The lowest BCUT2D eigenvalue weighted by molar-refractivity contribution is 0.00832. The van der Waals surface area contributed by atoms with Crippen LogP contribution in [0.1, 0.15) is 32.1 Å². The Bertz CT molecular complexity index is 246. The van der Waals surface area contributed by atoms with Crippen LogP contribution in [0.4, 0.5) is 0 Å². The fraction of sp³-hybridized carbons (Fsp3) is 0.909. The van der Waals surface area contributed by atoms with Gasteiger partial charge in [-0.15, -0.1) is 0 Å². The zero-order chi connectivity index (χ0) is 10.7. The summed E-state index contributed by atoms with van der Waals surface area (Å²) in [5.74, 6) is 0.939. The van der Waals surface area contributed by atoms with Crippen LogP contribution >= 0.6 is 0 Å². The van der Waals surface area contributed by atoms with E-state index in [0.717, 1.165) is 44.7 Å². The molecular formula is C11H21N3O. The number of aliphatic hydroxyl groups is 1. The van der Waals surface area contributed by atoms with Crippen LogP contribution in [-0.4, -0.2) is 48.2 Å². The van der Waals surface area contributed by atoms with Gasteiger partial charge in [0.2, 0.25) is 0 Å². The minimum atomic E-state index is -0.496. The summed E-state index contributed by atoms with van der Waals surface area (Å²) in [6, 6.07) is 0. The maximum absolute atomic E-state index is 10.3. The minimum absolute atomic E-state index is 0.496. The maximum Gasteiger partial charge on any atom is 0.193 e. The van der Waals surface area contributed by atoms with Crippen LogP contribution in [0.15, 0.2) is 4.99 Å². The van der Waals surface area contributed by atoms with E-state index in [-0.39, 0.29) is 0 Å². The van der Waals surface area contributed by atoms with Crippen molar-refractivity contribution in [3.8, 4) is 0 Å². The number of guanidine groups is 1. The molecule has 0 amide bonds. The Balaban J connectivity index is 1.81. The summed E-state index contributed by atoms with van der Waals surface area (Å²) in [6.45, 7) is 2.51. The van der Waals surface area contributed by atoms with Crippen LogP contribution in [0.3, 0.4) is 0 Å². The average molecular weight is 211 g/mol. The number of nitrogens with zero attached hydrogens (tertiary/aromatic N) is 2. The van der Waals surface area contributed by atoms with E-state index in [1.54, 1.807) is 0 Å². The molecule has 0 aromatic rings. The van der Waals surface area contributed by atoms with Crippen LogP contribution in [0, 0.1) is 0 Å². The van der Waals surface area contributed by atoms with Crippen molar-refractivity contribution < 1.29 is 5.11 Å². The molecule has 0 aromatic carbocycles. The van der Waals surface area contributed by atoms with E-state index >= 15 is 0 Å². The number of rotatable bonds is 2. The molecule has 0 saturated heterocycles. The van der Waals surface area contributed by atoms with E-state index < -0.39 is 5.60 Å². The van der Waals surface area contributed by atoms with Gasteiger partial charge in [0.05, 0.1) is 12.1 Å². The summed E-state index contributed by atoms with van der Waals surface area (Å²) in [5.41, 5.74) is -0.496. The van der Waals surface area contributed by atoms with E-state index in [0.29, 0.717) is 6.54 Å². The summed E-state index contributed by atoms with van der Waals surface area (Å²) in [5, 5.41) is 13.5. The number of likely N-dealkylation sites (N-methyl/N-ethyl adjacent to an activating group) is 1. The number of nitrogens with one attached hydrogen (secondary N) is 1. The van der Waals surface area contributed by atoms with Gasteiger partial charge in [0.1, 0.15) is 0 Å². The molecule has 1 fully saturated rings. The molecule has 2 aliphatic rings. The monoisotopic (exact) mass is 211 g/mol. The van der Waals surface area contributed by atoms with Gasteiger partial charge in [-0.3, -0.25) is 4.99 Å². The molecule has 1 heterocycles. The minimum Gasteiger partial charge on any atom is -0.388 e. The van der Waals surface area contributed by atoms with Crippen molar-refractivity contribution in [1.82, 2.24) is 10.2 Å². The lowest BCUT2D eigenvalue weighted by Gasteiger charge is -2.33. The van der Waals surface area contributed by atoms with Crippen LogP contribution in [0.25, 0.3) is 0 Å². The van der Waals surface area contributed by atoms with Gasteiger partial charge in [0.15, 0.2) is 5.96 Å². The molecule has 0 radical (unpaired) electrons. The van der Waals surface area contributed by atoms with Crippen molar-refractivity contribution in [2.45, 2.75) is 37.7 Å². The van der Waals surface area contributed by atoms with Crippen LogP contribution in [0.2, 0.25) is 0 Å². The van der Waals surface area contributed by atoms with Crippen molar-refractivity contribution in [2.24, 2.45) is 4.99 Å². The zero-order valence-electron chi connectivity index (χ0n) is 9.50. The van der Waals surface area contributed by atoms with Gasteiger partial charge in [-0.2, -0.15) is 0 Å². The molecule has 2 N–H and O–H groups in total. The normalized spacial score (nSPS) is 25.2. The Morgan fingerprint density at radius 3 is 2.73 bits per heavy atom. The van der Waals surface area contributed by atoms with E-state index in [9.17, 15) is 5.11 Å². The summed E-state index contributed by atoms with van der Waals surface area (Å²) in [4.78, 5) is 6.46. The third-order valence-corrected chi connectivity index (χ3v) is 3.42. The second kappa shape index (κ2) is 4.39. The SMILES string of the molecule is CN1CCN=C1NCC1(O)CCCCC1. The highest BCUT2D eigenvalue weighted by Crippen LogP contribution is 2.27. The van der Waals surface area contributed by atoms with Crippen LogP contribution in [-0.2, 0) is 0 Å². The van der Waals surface area contributed by atoms with Crippen molar-refractivity contribution in [2.75, 3.05) is 26.7 Å². The quantitative estimate of drug-likeness (QED) is 0.702. The van der Waals surface area contributed by atoms with Gasteiger partial charge in [0.25, 0.3) is 0 Å². The number of aliphatic imine (C=N–C) groups is 1. The Labute approximate surface area is 91.4 Å². The first-order valence-corrected chi connectivity index (χ1v) is 5.91. The molecule has 0 bridgehead atoms. The first kappa shape index (κ1) is 10.7. The van der Waals surface area contributed by atoms with Gasteiger partial charge in [0, 0.05) is 20.1 Å². The van der Waals surface area contributed by atoms with Gasteiger partial charge < -0.3 is 15.3 Å². The number of hydrogen-bond donors (Lipinski definition) is 2. The molecule has 4 heteroatoms. The lowest BCUT2D eigenvalue weighted by atomic mass is 9.85. The molecular weight excluding hydrogens is 190 g/mol. The molecule has 0 unspecified atom stereocenters. The van der Waals surface area contributed by atoms with Gasteiger partial charge >= 0.3 is 0 Å². The summed E-state index contributed by atoms with van der Waals surface area (Å²) in [7, 11) is 2.03. The third-order valence-electron chi connectivity index (χ3n) is 3.42. The Morgan fingerprint density at radius 2 is 2.13 bits per heavy atom. The highest BCUT2D eigenvalue weighted by Gasteiger charge is 2.29. The second-order valence-corrected chi connectivity index (χ2v) is 4.77. The first-order chi connectivity index (χ1) is 7.20. The predicted molar refractivity (Wildman–Crippen MR) is 61.0 cm³/mol. The van der Waals surface area contributed by atoms with E-state index in [1.165, 1.54) is 6.42 Å². The molecule has 4 nitrogen and oxygen atoms in total. The maximum atomic E-state index is 10.3. The molecule has 15 heavy (non-hydrogen) atoms. The van der Waals surface area contributed by atoms with E-state index in [2.05, 4.69) is 15.2 Å². The molecule has 0 atom stereocenters. The Morgan fingerprint density at radius 1 is 1.40 bits per heavy atom. The number of hydrogen-bond acceptors (Lipinski definition) is 4. The third kappa shape index (κ3) is 2.62. The van der Waals surface area contributed by atoms with Crippen molar-refractivity contribution in [3.05, 3.63) is 0 Å². The average Bonchev–Trinajstić information content (AvgIpc) is 2.62. The predicted octanol–water partition coefficient (Wildman–Crippen LogP) is 0.573. The van der Waals surface area contributed by atoms with E-state index in [1.807, 2.05) is 7.05 Å². The standard InChI is InChI=1S/C11H21N3O/c1-14-8-7-12-10(14)13-9-11(15)5-3-2-4-6-11/h15H,2-9H2,1H3,(H,12,13). The van der Waals surface area contributed by atoms with Gasteiger partial charge in [-0.05, 0) is 12.8 Å². The smallest absolute Gasteiger partial charge is 0.193 e. The first-order valence-electron chi connectivity index (χ1n) is 5.91. The van der Waals surface area contributed by atoms with Crippen LogP contribution in [0.5, 0.6) is 0 Å². The zero-order valence-corrected chi connectivity index (χ0v) is 9.50. The molecule has 2 rings (SSSR count). The molecule has 0 spiro atoms. The van der Waals surface area contributed by atoms with Gasteiger partial charge in [-0.25, -0.2) is 0 Å². The second-order valence-electron chi connectivity index (χ2n) is 4.77.